The smallest absolute Gasteiger partial charge is 0.419 e. The minimum absolute atomic E-state index is 0.0623. The van der Waals surface area contributed by atoms with Crippen LogP contribution in [0.4, 0.5) is 13.2 Å². The molecule has 1 amide bonds. The number of carbonyl (C=O) groups is 1. The monoisotopic (exact) mass is 318 g/mol. The van der Waals surface area contributed by atoms with Gasteiger partial charge in [-0.05, 0) is 24.5 Å². The molecule has 124 valence electrons. The third kappa shape index (κ3) is 5.93. The summed E-state index contributed by atoms with van der Waals surface area (Å²) in [5.41, 5.74) is 4.86. The molecule has 0 spiro atoms. The van der Waals surface area contributed by atoms with Crippen LogP contribution >= 0.6 is 0 Å². The third-order valence-corrected chi connectivity index (χ3v) is 2.91. The summed E-state index contributed by atoms with van der Waals surface area (Å²) in [6, 6.07) is 4.33. The number of para-hydroxylation sites is 1. The first-order chi connectivity index (χ1) is 10.2. The molecule has 7 heteroatoms. The molecule has 0 bridgehead atoms. The summed E-state index contributed by atoms with van der Waals surface area (Å²) >= 11 is 0. The predicted molar refractivity (Wildman–Crippen MR) is 77.4 cm³/mol. The third-order valence-electron chi connectivity index (χ3n) is 2.91. The van der Waals surface area contributed by atoms with Crippen molar-refractivity contribution in [2.45, 2.75) is 32.5 Å². The van der Waals surface area contributed by atoms with Crippen molar-refractivity contribution in [3.05, 3.63) is 29.8 Å². The fourth-order valence-corrected chi connectivity index (χ4v) is 1.91. The Balaban J connectivity index is 2.44. The largest absolute Gasteiger partial charge is 0.491 e. The van der Waals surface area contributed by atoms with Gasteiger partial charge in [-0.1, -0.05) is 26.0 Å². The molecule has 0 aromatic heterocycles. The summed E-state index contributed by atoms with van der Waals surface area (Å²) in [6.45, 7) is 3.93. The Morgan fingerprint density at radius 3 is 2.55 bits per heavy atom. The van der Waals surface area contributed by atoms with Gasteiger partial charge in [-0.2, -0.15) is 13.2 Å². The molecule has 3 N–H and O–H groups in total. The summed E-state index contributed by atoms with van der Waals surface area (Å²) < 4.78 is 43.3. The fourth-order valence-electron chi connectivity index (χ4n) is 1.91. The van der Waals surface area contributed by atoms with Gasteiger partial charge in [0.15, 0.2) is 0 Å². The van der Waals surface area contributed by atoms with Gasteiger partial charge >= 0.3 is 6.18 Å². The maximum absolute atomic E-state index is 12.7. The van der Waals surface area contributed by atoms with E-state index in [1.807, 2.05) is 13.8 Å². The molecular weight excluding hydrogens is 297 g/mol. The Hall–Kier alpha value is -1.76. The molecule has 0 fully saturated rings. The molecule has 22 heavy (non-hydrogen) atoms. The zero-order valence-corrected chi connectivity index (χ0v) is 12.6. The fraction of sp³-hybridized carbons (Fsp3) is 0.533. The second-order valence-corrected chi connectivity index (χ2v) is 5.37. The molecule has 4 nitrogen and oxygen atoms in total. The minimum Gasteiger partial charge on any atom is -0.491 e. The molecule has 1 aromatic carbocycles. The van der Waals surface area contributed by atoms with E-state index in [9.17, 15) is 18.0 Å². The van der Waals surface area contributed by atoms with Crippen molar-refractivity contribution < 1.29 is 22.7 Å². The molecule has 1 atom stereocenters. The zero-order valence-electron chi connectivity index (χ0n) is 12.6. The normalized spacial score (nSPS) is 13.0. The van der Waals surface area contributed by atoms with Crippen LogP contribution in [0.5, 0.6) is 5.75 Å². The lowest BCUT2D eigenvalue weighted by Gasteiger charge is -2.16. The van der Waals surface area contributed by atoms with Crippen LogP contribution in [0.3, 0.4) is 0 Å². The highest BCUT2D eigenvalue weighted by Gasteiger charge is 2.33. The molecule has 0 aliphatic heterocycles. The average molecular weight is 318 g/mol. The molecule has 0 aliphatic rings. The molecule has 0 aliphatic carbocycles. The number of amides is 1. The number of ether oxygens (including phenoxy) is 1. The Morgan fingerprint density at radius 1 is 1.32 bits per heavy atom. The number of hydrogen-bond donors (Lipinski definition) is 2. The van der Waals surface area contributed by atoms with Crippen molar-refractivity contribution in [3.63, 3.8) is 0 Å². The topological polar surface area (TPSA) is 64.4 Å². The maximum atomic E-state index is 12.7. The van der Waals surface area contributed by atoms with Crippen molar-refractivity contribution in [1.29, 1.82) is 0 Å². The van der Waals surface area contributed by atoms with Crippen LogP contribution in [0.25, 0.3) is 0 Å². The van der Waals surface area contributed by atoms with Crippen molar-refractivity contribution in [2.75, 3.05) is 13.2 Å². The van der Waals surface area contributed by atoms with Gasteiger partial charge in [0.2, 0.25) is 5.91 Å². The summed E-state index contributed by atoms with van der Waals surface area (Å²) in [5, 5.41) is 2.55. The number of halogens is 3. The molecule has 0 saturated carbocycles. The molecule has 0 saturated heterocycles. The second-order valence-electron chi connectivity index (χ2n) is 5.37. The maximum Gasteiger partial charge on any atom is 0.419 e. The van der Waals surface area contributed by atoms with Crippen LogP contribution < -0.4 is 15.8 Å². The van der Waals surface area contributed by atoms with E-state index in [0.717, 1.165) is 6.07 Å². The number of rotatable bonds is 7. The number of alkyl halides is 3. The Labute approximate surface area is 127 Å². The Morgan fingerprint density at radius 2 is 1.95 bits per heavy atom. The van der Waals surface area contributed by atoms with E-state index in [0.29, 0.717) is 6.42 Å². The molecule has 0 radical (unpaired) electrons. The van der Waals surface area contributed by atoms with Gasteiger partial charge in [0.25, 0.3) is 0 Å². The van der Waals surface area contributed by atoms with Gasteiger partial charge in [0.05, 0.1) is 18.2 Å². The second kappa shape index (κ2) is 8.03. The number of nitrogens with two attached hydrogens (primary N) is 1. The van der Waals surface area contributed by atoms with Crippen LogP contribution in [0.15, 0.2) is 24.3 Å². The first kappa shape index (κ1) is 18.3. The molecule has 0 unspecified atom stereocenters. The Bertz CT molecular complexity index is 490. The summed E-state index contributed by atoms with van der Waals surface area (Å²) in [5.74, 6) is -0.298. The number of hydrogen-bond acceptors (Lipinski definition) is 3. The van der Waals surface area contributed by atoms with E-state index in [2.05, 4.69) is 5.32 Å². The van der Waals surface area contributed by atoms with E-state index >= 15 is 0 Å². The number of benzene rings is 1. The van der Waals surface area contributed by atoms with Crippen LogP contribution in [0, 0.1) is 5.92 Å². The van der Waals surface area contributed by atoms with Crippen LogP contribution in [0.2, 0.25) is 0 Å². The quantitative estimate of drug-likeness (QED) is 0.760. The number of carbonyl (C=O) groups excluding carboxylic acids is 1. The Kier molecular flexibility index (Phi) is 6.67. The molecular formula is C15H21F3N2O2. The van der Waals surface area contributed by atoms with Crippen molar-refractivity contribution >= 4 is 5.91 Å². The first-order valence-corrected chi connectivity index (χ1v) is 7.04. The summed E-state index contributed by atoms with van der Waals surface area (Å²) in [7, 11) is 0. The highest BCUT2D eigenvalue weighted by Crippen LogP contribution is 2.35. The average Bonchev–Trinajstić information content (AvgIpc) is 2.42. The van der Waals surface area contributed by atoms with E-state index < -0.39 is 17.8 Å². The lowest BCUT2D eigenvalue weighted by Crippen LogP contribution is -2.42. The highest BCUT2D eigenvalue weighted by atomic mass is 19.4. The van der Waals surface area contributed by atoms with Gasteiger partial charge in [-0.3, -0.25) is 4.79 Å². The van der Waals surface area contributed by atoms with Gasteiger partial charge in [-0.15, -0.1) is 0 Å². The predicted octanol–water partition coefficient (Wildman–Crippen LogP) is 2.57. The van der Waals surface area contributed by atoms with Gasteiger partial charge in [-0.25, -0.2) is 0 Å². The van der Waals surface area contributed by atoms with Gasteiger partial charge in [0, 0.05) is 0 Å². The lowest BCUT2D eigenvalue weighted by molar-refractivity contribution is -0.139. The van der Waals surface area contributed by atoms with E-state index in [1.54, 1.807) is 0 Å². The van der Waals surface area contributed by atoms with Gasteiger partial charge in [0.1, 0.15) is 12.4 Å². The number of nitrogens with one attached hydrogen (secondary N) is 1. The van der Waals surface area contributed by atoms with Crippen LogP contribution in [-0.4, -0.2) is 25.1 Å². The van der Waals surface area contributed by atoms with Crippen LogP contribution in [0.1, 0.15) is 25.8 Å². The van der Waals surface area contributed by atoms with Gasteiger partial charge < -0.3 is 15.8 Å². The molecule has 1 rings (SSSR count). The first-order valence-electron chi connectivity index (χ1n) is 7.04. The van der Waals surface area contributed by atoms with E-state index in [1.165, 1.54) is 18.2 Å². The minimum atomic E-state index is -4.47. The SMILES string of the molecule is CC(C)C[C@H](N)C(=O)NCCOc1ccccc1C(F)(F)F. The lowest BCUT2D eigenvalue weighted by atomic mass is 10.0. The standard InChI is InChI=1S/C15H21F3N2O2/c1-10(2)9-12(19)14(21)20-7-8-22-13-6-4-3-5-11(13)15(16,17)18/h3-6,10,12H,7-9,19H2,1-2H3,(H,20,21)/t12-/m0/s1. The van der Waals surface area contributed by atoms with Crippen LogP contribution in [-0.2, 0) is 11.0 Å². The molecule has 0 heterocycles. The summed E-state index contributed by atoms with van der Waals surface area (Å²) in [4.78, 5) is 11.6. The summed E-state index contributed by atoms with van der Waals surface area (Å²) in [6.07, 6.45) is -3.93. The zero-order chi connectivity index (χ0) is 16.8. The molecule has 1 aromatic rings. The van der Waals surface area contributed by atoms with E-state index in [4.69, 9.17) is 10.5 Å². The highest BCUT2D eigenvalue weighted by molar-refractivity contribution is 5.81. The van der Waals surface area contributed by atoms with Crippen molar-refractivity contribution in [1.82, 2.24) is 5.32 Å². The van der Waals surface area contributed by atoms with E-state index in [-0.39, 0.29) is 30.7 Å². The van der Waals surface area contributed by atoms with Crippen molar-refractivity contribution in [3.8, 4) is 5.75 Å². The van der Waals surface area contributed by atoms with Crippen molar-refractivity contribution in [2.24, 2.45) is 11.7 Å².